The summed E-state index contributed by atoms with van der Waals surface area (Å²) in [6, 6.07) is 3.84. The largest absolute Gasteiger partial charge is 0.480 e. The average Bonchev–Trinajstić information content (AvgIpc) is 3.05. The molecular formula is C13H18N4O3S. The van der Waals surface area contributed by atoms with Crippen molar-refractivity contribution in [3.05, 3.63) is 23.4 Å². The molecule has 2 aromatic heterocycles. The first-order valence-corrected chi connectivity index (χ1v) is 7.38. The third kappa shape index (κ3) is 4.92. The molecule has 0 aliphatic carbocycles. The van der Waals surface area contributed by atoms with Gasteiger partial charge < -0.3 is 14.5 Å². The van der Waals surface area contributed by atoms with E-state index in [1.54, 1.807) is 4.90 Å². The van der Waals surface area contributed by atoms with Crippen LogP contribution in [0.2, 0.25) is 0 Å². The summed E-state index contributed by atoms with van der Waals surface area (Å²) < 4.78 is 5.20. The molecule has 0 atom stereocenters. The third-order valence-corrected chi connectivity index (χ3v) is 3.66. The van der Waals surface area contributed by atoms with Gasteiger partial charge in [0.15, 0.2) is 0 Å². The highest BCUT2D eigenvalue weighted by molar-refractivity contribution is 7.13. The molecule has 0 aliphatic heterocycles. The van der Waals surface area contributed by atoms with E-state index in [9.17, 15) is 4.79 Å². The van der Waals surface area contributed by atoms with E-state index < -0.39 is 5.97 Å². The first kappa shape index (κ1) is 15.6. The Kier molecular flexibility index (Phi) is 5.43. The van der Waals surface area contributed by atoms with Crippen molar-refractivity contribution in [2.45, 2.75) is 6.54 Å². The second-order valence-electron chi connectivity index (χ2n) is 4.90. The van der Waals surface area contributed by atoms with Crippen molar-refractivity contribution in [3.63, 3.8) is 0 Å². The lowest BCUT2D eigenvalue weighted by Crippen LogP contribution is -2.35. The minimum atomic E-state index is -0.869. The van der Waals surface area contributed by atoms with Gasteiger partial charge in [-0.15, -0.1) is 11.3 Å². The number of aliphatic carboxylic acids is 1. The van der Waals surface area contributed by atoms with Crippen molar-refractivity contribution in [2.75, 3.05) is 33.7 Å². The molecule has 2 heterocycles. The summed E-state index contributed by atoms with van der Waals surface area (Å²) in [5.74, 6) is 0.105. The Labute approximate surface area is 126 Å². The highest BCUT2D eigenvalue weighted by atomic mass is 32.1. The van der Waals surface area contributed by atoms with Gasteiger partial charge in [-0.2, -0.15) is 4.98 Å². The standard InChI is InChI=1S/C13H18N4O3S/c1-16(2)5-6-17(9-12(18)19)8-11-14-13(15-20-11)10-4-3-7-21-10/h3-4,7H,5-6,8-9H2,1-2H3,(H,18,19). The normalized spacial score (nSPS) is 11.4. The highest BCUT2D eigenvalue weighted by Crippen LogP contribution is 2.21. The summed E-state index contributed by atoms with van der Waals surface area (Å²) in [5.41, 5.74) is 0. The molecule has 0 fully saturated rings. The zero-order valence-corrected chi connectivity index (χ0v) is 12.8. The first-order valence-electron chi connectivity index (χ1n) is 6.50. The Morgan fingerprint density at radius 3 is 2.86 bits per heavy atom. The average molecular weight is 310 g/mol. The van der Waals surface area contributed by atoms with Crippen molar-refractivity contribution >= 4 is 17.3 Å². The van der Waals surface area contributed by atoms with Crippen LogP contribution in [0.3, 0.4) is 0 Å². The Bertz CT molecular complexity index is 568. The summed E-state index contributed by atoms with van der Waals surface area (Å²) >= 11 is 1.53. The monoisotopic (exact) mass is 310 g/mol. The minimum Gasteiger partial charge on any atom is -0.480 e. The van der Waals surface area contributed by atoms with Gasteiger partial charge in [0, 0.05) is 13.1 Å². The van der Waals surface area contributed by atoms with Crippen LogP contribution >= 0.6 is 11.3 Å². The van der Waals surface area contributed by atoms with Crippen LogP contribution in [0.4, 0.5) is 0 Å². The lowest BCUT2D eigenvalue weighted by atomic mass is 10.4. The summed E-state index contributed by atoms with van der Waals surface area (Å²) in [4.78, 5) is 19.9. The van der Waals surface area contributed by atoms with E-state index in [0.29, 0.717) is 24.8 Å². The number of nitrogens with zero attached hydrogens (tertiary/aromatic N) is 4. The van der Waals surface area contributed by atoms with E-state index in [1.807, 2.05) is 36.5 Å². The number of aromatic nitrogens is 2. The number of carbonyl (C=O) groups is 1. The molecule has 0 aliphatic rings. The molecule has 0 bridgehead atoms. The topological polar surface area (TPSA) is 82.7 Å². The molecule has 0 saturated carbocycles. The molecular weight excluding hydrogens is 292 g/mol. The van der Waals surface area contributed by atoms with Gasteiger partial charge in [0.2, 0.25) is 11.7 Å². The van der Waals surface area contributed by atoms with Crippen molar-refractivity contribution in [1.29, 1.82) is 0 Å². The third-order valence-electron chi connectivity index (χ3n) is 2.79. The van der Waals surface area contributed by atoms with Crippen molar-refractivity contribution in [3.8, 4) is 10.7 Å². The number of likely N-dealkylation sites (N-methyl/N-ethyl adjacent to an activating group) is 1. The molecule has 8 heteroatoms. The van der Waals surface area contributed by atoms with Crippen molar-refractivity contribution < 1.29 is 14.4 Å². The quantitative estimate of drug-likeness (QED) is 0.785. The molecule has 114 valence electrons. The maximum Gasteiger partial charge on any atom is 0.317 e. The Morgan fingerprint density at radius 2 is 2.24 bits per heavy atom. The predicted octanol–water partition coefficient (Wildman–Crippen LogP) is 1.25. The van der Waals surface area contributed by atoms with E-state index in [0.717, 1.165) is 11.4 Å². The van der Waals surface area contributed by atoms with Crippen LogP contribution in [-0.2, 0) is 11.3 Å². The first-order chi connectivity index (χ1) is 10.0. The minimum absolute atomic E-state index is 0.0510. The van der Waals surface area contributed by atoms with Crippen LogP contribution in [0.5, 0.6) is 0 Å². The molecule has 0 radical (unpaired) electrons. The highest BCUT2D eigenvalue weighted by Gasteiger charge is 2.16. The number of thiophene rings is 1. The lowest BCUT2D eigenvalue weighted by Gasteiger charge is -2.20. The van der Waals surface area contributed by atoms with Crippen LogP contribution in [0.15, 0.2) is 22.0 Å². The predicted molar refractivity (Wildman–Crippen MR) is 79.1 cm³/mol. The fraction of sp³-hybridized carbons (Fsp3) is 0.462. The second kappa shape index (κ2) is 7.30. The summed E-state index contributed by atoms with van der Waals surface area (Å²) in [5, 5.41) is 14.8. The molecule has 1 N–H and O–H groups in total. The fourth-order valence-electron chi connectivity index (χ4n) is 1.76. The number of hydrogen-bond acceptors (Lipinski definition) is 7. The molecule has 21 heavy (non-hydrogen) atoms. The molecule has 0 spiro atoms. The summed E-state index contributed by atoms with van der Waals surface area (Å²) in [6.45, 7) is 1.66. The summed E-state index contributed by atoms with van der Waals surface area (Å²) in [6.07, 6.45) is 0. The molecule has 0 amide bonds. The fourth-order valence-corrected chi connectivity index (χ4v) is 2.41. The molecule has 2 rings (SSSR count). The molecule has 0 saturated heterocycles. The number of rotatable bonds is 8. The Balaban J connectivity index is 2.00. The van der Waals surface area contributed by atoms with Gasteiger partial charge in [-0.3, -0.25) is 9.69 Å². The maximum absolute atomic E-state index is 10.9. The second-order valence-corrected chi connectivity index (χ2v) is 5.84. The van der Waals surface area contributed by atoms with E-state index in [4.69, 9.17) is 9.63 Å². The van der Waals surface area contributed by atoms with E-state index in [1.165, 1.54) is 11.3 Å². The van der Waals surface area contributed by atoms with Crippen LogP contribution in [0.1, 0.15) is 5.89 Å². The van der Waals surface area contributed by atoms with Gasteiger partial charge in [-0.25, -0.2) is 0 Å². The summed E-state index contributed by atoms with van der Waals surface area (Å²) in [7, 11) is 3.89. The van der Waals surface area contributed by atoms with Gasteiger partial charge in [0.05, 0.1) is 18.0 Å². The van der Waals surface area contributed by atoms with Crippen LogP contribution in [0, 0.1) is 0 Å². The van der Waals surface area contributed by atoms with Crippen LogP contribution in [0.25, 0.3) is 10.7 Å². The smallest absolute Gasteiger partial charge is 0.317 e. The van der Waals surface area contributed by atoms with Gasteiger partial charge in [-0.05, 0) is 25.5 Å². The van der Waals surface area contributed by atoms with E-state index in [-0.39, 0.29) is 6.54 Å². The zero-order chi connectivity index (χ0) is 15.2. The SMILES string of the molecule is CN(C)CCN(CC(=O)O)Cc1nc(-c2cccs2)no1. The lowest BCUT2D eigenvalue weighted by molar-refractivity contribution is -0.138. The van der Waals surface area contributed by atoms with Gasteiger partial charge >= 0.3 is 5.97 Å². The van der Waals surface area contributed by atoms with Gasteiger partial charge in [0.25, 0.3) is 0 Å². The number of carboxylic acids is 1. The molecule has 0 aromatic carbocycles. The molecule has 0 unspecified atom stereocenters. The maximum atomic E-state index is 10.9. The Hall–Kier alpha value is -1.77. The van der Waals surface area contributed by atoms with E-state index >= 15 is 0 Å². The van der Waals surface area contributed by atoms with Gasteiger partial charge in [0.1, 0.15) is 0 Å². The van der Waals surface area contributed by atoms with Crippen molar-refractivity contribution in [2.24, 2.45) is 0 Å². The molecule has 7 nitrogen and oxygen atoms in total. The van der Waals surface area contributed by atoms with Crippen LogP contribution < -0.4 is 0 Å². The van der Waals surface area contributed by atoms with E-state index in [2.05, 4.69) is 10.1 Å². The Morgan fingerprint density at radius 1 is 1.43 bits per heavy atom. The van der Waals surface area contributed by atoms with Crippen LogP contribution in [-0.4, -0.2) is 64.7 Å². The number of carboxylic acid groups (broad SMARTS) is 1. The van der Waals surface area contributed by atoms with Gasteiger partial charge in [-0.1, -0.05) is 11.2 Å². The molecule has 2 aromatic rings. The van der Waals surface area contributed by atoms with Crippen molar-refractivity contribution in [1.82, 2.24) is 19.9 Å². The zero-order valence-electron chi connectivity index (χ0n) is 12.0. The number of hydrogen-bond donors (Lipinski definition) is 1.